The zero-order valence-electron chi connectivity index (χ0n) is 17.8. The highest BCUT2D eigenvalue weighted by atomic mass is 32.2. The molecule has 0 aliphatic rings. The Hall–Kier alpha value is -4.13. The lowest BCUT2D eigenvalue weighted by molar-refractivity contribution is 0.483. The Morgan fingerprint density at radius 3 is 1.94 bits per heavy atom. The van der Waals surface area contributed by atoms with Crippen LogP contribution in [0.3, 0.4) is 0 Å². The van der Waals surface area contributed by atoms with Crippen LogP contribution in [0.5, 0.6) is 0 Å². The van der Waals surface area contributed by atoms with Crippen LogP contribution in [0.1, 0.15) is 0 Å². The molecule has 0 spiro atoms. The third-order valence-electron chi connectivity index (χ3n) is 5.23. The number of nitrogens with zero attached hydrogens (tertiary/aromatic N) is 3. The number of H-pyrrole nitrogens is 1. The molecule has 0 fully saturated rings. The first-order valence-corrected chi connectivity index (χ1v) is 13.1. The highest BCUT2D eigenvalue weighted by Gasteiger charge is 2.27. The molecule has 35 heavy (non-hydrogen) atoms. The number of fused-ring (bicyclic) bond motifs is 1. The van der Waals surface area contributed by atoms with Crippen LogP contribution < -0.4 is 4.72 Å². The molecule has 0 atom stereocenters. The molecule has 10 nitrogen and oxygen atoms in total. The number of sulfonamides is 1. The second kappa shape index (κ2) is 8.58. The fourth-order valence-electron chi connectivity index (χ4n) is 3.66. The molecule has 0 aliphatic carbocycles. The van der Waals surface area contributed by atoms with Crippen molar-refractivity contribution < 1.29 is 21.4 Å². The first kappa shape index (κ1) is 22.7. The molecule has 176 valence electrons. The van der Waals surface area contributed by atoms with Gasteiger partial charge in [0.05, 0.1) is 10.3 Å². The zero-order valence-corrected chi connectivity index (χ0v) is 19.5. The summed E-state index contributed by atoms with van der Waals surface area (Å²) >= 11 is 0. The Bertz CT molecular complexity index is 1740. The smallest absolute Gasteiger partial charge is 0.282 e. The number of nitrogens with one attached hydrogen (secondary N) is 2. The minimum atomic E-state index is -4.41. The predicted molar refractivity (Wildman–Crippen MR) is 130 cm³/mol. The van der Waals surface area contributed by atoms with Gasteiger partial charge in [0.15, 0.2) is 5.03 Å². The molecule has 0 bridgehead atoms. The van der Waals surface area contributed by atoms with Crippen molar-refractivity contribution in [2.45, 2.75) is 9.92 Å². The highest BCUT2D eigenvalue weighted by molar-refractivity contribution is 7.92. The number of aromatic nitrogens is 4. The molecule has 12 heteroatoms. The lowest BCUT2D eigenvalue weighted by atomic mass is 9.98. The van der Waals surface area contributed by atoms with Crippen molar-refractivity contribution in [3.63, 3.8) is 0 Å². The van der Waals surface area contributed by atoms with Crippen molar-refractivity contribution >= 4 is 36.9 Å². The number of hydrogen-bond donors (Lipinski definition) is 3. The number of aromatic amines is 1. The largest absolute Gasteiger partial charge is 0.294 e. The van der Waals surface area contributed by atoms with E-state index in [0.29, 0.717) is 11.3 Å². The summed E-state index contributed by atoms with van der Waals surface area (Å²) < 4.78 is 60.9. The van der Waals surface area contributed by atoms with Gasteiger partial charge in [-0.2, -0.15) is 21.9 Å². The highest BCUT2D eigenvalue weighted by Crippen LogP contribution is 2.38. The fourth-order valence-corrected chi connectivity index (χ4v) is 5.32. The van der Waals surface area contributed by atoms with Gasteiger partial charge in [0.2, 0.25) is 5.65 Å². The van der Waals surface area contributed by atoms with Gasteiger partial charge >= 0.3 is 0 Å². The summed E-state index contributed by atoms with van der Waals surface area (Å²) in [4.78, 5) is -0.360. The van der Waals surface area contributed by atoms with Crippen molar-refractivity contribution in [3.05, 3.63) is 84.9 Å². The summed E-state index contributed by atoms with van der Waals surface area (Å²) in [6, 6.07) is 23.1. The third-order valence-corrected chi connectivity index (χ3v) is 7.43. The Morgan fingerprint density at radius 1 is 0.743 bits per heavy atom. The molecule has 2 heterocycles. The van der Waals surface area contributed by atoms with Crippen molar-refractivity contribution in [2.24, 2.45) is 0 Å². The lowest BCUT2D eigenvalue weighted by Crippen LogP contribution is -2.14. The van der Waals surface area contributed by atoms with E-state index in [0.717, 1.165) is 23.3 Å². The van der Waals surface area contributed by atoms with E-state index in [1.165, 1.54) is 12.1 Å². The summed E-state index contributed by atoms with van der Waals surface area (Å²) in [5.74, 6) is 0. The predicted octanol–water partition coefficient (Wildman–Crippen LogP) is 3.73. The summed E-state index contributed by atoms with van der Waals surface area (Å²) in [5, 5.41) is 15.1. The molecule has 0 saturated carbocycles. The zero-order chi connectivity index (χ0) is 24.6. The van der Waals surface area contributed by atoms with Crippen LogP contribution in [0, 0.1) is 0 Å². The molecule has 0 saturated heterocycles. The SMILES string of the molecule is O=S(=O)(O)c1ccc(NS(=O)(=O)c2[nH]nc3nnc(-c4ccccc4)c(-c4ccccc4)c23)cc1. The molecule has 0 radical (unpaired) electrons. The molecular formula is C23H17N5O5S2. The molecule has 0 amide bonds. The second-order valence-electron chi connectivity index (χ2n) is 7.51. The Morgan fingerprint density at radius 2 is 1.34 bits per heavy atom. The van der Waals surface area contributed by atoms with Gasteiger partial charge < -0.3 is 0 Å². The van der Waals surface area contributed by atoms with Crippen molar-refractivity contribution in [1.82, 2.24) is 20.4 Å². The first-order chi connectivity index (χ1) is 16.7. The van der Waals surface area contributed by atoms with Gasteiger partial charge in [-0.05, 0) is 29.8 Å². The lowest BCUT2D eigenvalue weighted by Gasteiger charge is -2.12. The van der Waals surface area contributed by atoms with Crippen LogP contribution in [0.2, 0.25) is 0 Å². The van der Waals surface area contributed by atoms with Gasteiger partial charge in [-0.15, -0.1) is 10.2 Å². The van der Waals surface area contributed by atoms with Gasteiger partial charge in [0.25, 0.3) is 20.1 Å². The van der Waals surface area contributed by atoms with Gasteiger partial charge in [0.1, 0.15) is 5.69 Å². The van der Waals surface area contributed by atoms with Crippen molar-refractivity contribution in [3.8, 4) is 22.4 Å². The first-order valence-electron chi connectivity index (χ1n) is 10.2. The van der Waals surface area contributed by atoms with Gasteiger partial charge in [0, 0.05) is 16.8 Å². The number of benzene rings is 3. The van der Waals surface area contributed by atoms with Crippen LogP contribution in [0.25, 0.3) is 33.4 Å². The molecule has 5 rings (SSSR count). The standard InChI is InChI=1S/C23H17N5O5S2/c29-34(30,28-17-11-13-18(14-12-17)35(31,32)33)23-20-19(15-7-3-1-4-8-15)21(16-9-5-2-6-10-16)24-25-22(20)26-27-23/h1-14,28H,(H,25,26,27)(H,31,32,33). The van der Waals surface area contributed by atoms with Crippen LogP contribution in [-0.4, -0.2) is 41.8 Å². The molecule has 3 N–H and O–H groups in total. The molecule has 2 aromatic heterocycles. The summed E-state index contributed by atoms with van der Waals surface area (Å²) in [7, 11) is -8.63. The average molecular weight is 508 g/mol. The summed E-state index contributed by atoms with van der Waals surface area (Å²) in [6.45, 7) is 0. The molecule has 3 aromatic carbocycles. The summed E-state index contributed by atoms with van der Waals surface area (Å²) in [6.07, 6.45) is 0. The molecular weight excluding hydrogens is 490 g/mol. The number of anilines is 1. The molecule has 5 aromatic rings. The van der Waals surface area contributed by atoms with E-state index in [1.54, 1.807) is 0 Å². The van der Waals surface area contributed by atoms with E-state index in [9.17, 15) is 16.8 Å². The van der Waals surface area contributed by atoms with E-state index in [1.807, 2.05) is 60.7 Å². The summed E-state index contributed by atoms with van der Waals surface area (Å²) in [5.41, 5.74) is 2.70. The average Bonchev–Trinajstić information content (AvgIpc) is 3.29. The van der Waals surface area contributed by atoms with Crippen molar-refractivity contribution in [1.29, 1.82) is 0 Å². The third kappa shape index (κ3) is 4.37. The maximum atomic E-state index is 13.4. The van der Waals surface area contributed by atoms with Crippen LogP contribution in [-0.2, 0) is 20.1 Å². The van der Waals surface area contributed by atoms with E-state index in [-0.39, 0.29) is 26.6 Å². The minimum Gasteiger partial charge on any atom is -0.282 e. The van der Waals surface area contributed by atoms with E-state index in [2.05, 4.69) is 25.1 Å². The maximum Gasteiger partial charge on any atom is 0.294 e. The topological polar surface area (TPSA) is 155 Å². The number of rotatable bonds is 6. The Balaban J connectivity index is 1.69. The van der Waals surface area contributed by atoms with E-state index < -0.39 is 20.1 Å². The fraction of sp³-hybridized carbons (Fsp3) is 0. The van der Waals surface area contributed by atoms with Crippen molar-refractivity contribution in [2.75, 3.05) is 4.72 Å². The molecule has 0 unspecified atom stereocenters. The van der Waals surface area contributed by atoms with E-state index in [4.69, 9.17) is 4.55 Å². The van der Waals surface area contributed by atoms with Crippen LogP contribution in [0.4, 0.5) is 5.69 Å². The molecule has 0 aliphatic heterocycles. The Kier molecular flexibility index (Phi) is 5.55. The maximum absolute atomic E-state index is 13.4. The van der Waals surface area contributed by atoms with Gasteiger partial charge in [-0.1, -0.05) is 60.7 Å². The van der Waals surface area contributed by atoms with Gasteiger partial charge in [-0.25, -0.2) is 0 Å². The normalized spacial score (nSPS) is 12.0. The van der Waals surface area contributed by atoms with Crippen LogP contribution in [0.15, 0.2) is 94.9 Å². The quantitative estimate of drug-likeness (QED) is 0.294. The van der Waals surface area contributed by atoms with Crippen LogP contribution >= 0.6 is 0 Å². The monoisotopic (exact) mass is 507 g/mol. The minimum absolute atomic E-state index is 0.0895. The van der Waals surface area contributed by atoms with E-state index >= 15 is 0 Å². The number of hydrogen-bond acceptors (Lipinski definition) is 7. The second-order valence-corrected chi connectivity index (χ2v) is 10.6. The Labute approximate surface area is 200 Å². The van der Waals surface area contributed by atoms with Gasteiger partial charge in [-0.3, -0.25) is 14.4 Å².